The van der Waals surface area contributed by atoms with Gasteiger partial charge in [-0.05, 0) is 77.0 Å². The van der Waals surface area contributed by atoms with Gasteiger partial charge in [0.2, 0.25) is 5.91 Å². The molecule has 1 amide bonds. The molecule has 11 heteroatoms. The second kappa shape index (κ2) is 53.3. The normalized spacial score (nSPS) is 19.4. The van der Waals surface area contributed by atoms with E-state index in [0.29, 0.717) is 12.8 Å². The number of amides is 1. The highest BCUT2D eigenvalue weighted by molar-refractivity contribution is 5.80. The highest BCUT2D eigenvalue weighted by atomic mass is 16.7. The summed E-state index contributed by atoms with van der Waals surface area (Å²) in [6.07, 6.45) is 54.5. The minimum absolute atomic E-state index is 0.124. The molecule has 1 aliphatic rings. The Morgan fingerprint density at radius 2 is 0.947 bits per heavy atom. The Morgan fingerprint density at radius 1 is 0.526 bits per heavy atom. The number of ether oxygens (including phenoxy) is 3. The van der Waals surface area contributed by atoms with Crippen LogP contribution in [0.15, 0.2) is 48.6 Å². The van der Waals surface area contributed by atoms with Gasteiger partial charge in [0.05, 0.1) is 25.4 Å². The first kappa shape index (κ1) is 71.6. The van der Waals surface area contributed by atoms with Gasteiger partial charge in [-0.1, -0.05) is 256 Å². The number of aliphatic hydroxyl groups is 5. The highest BCUT2D eigenvalue weighted by Gasteiger charge is 2.47. The molecule has 0 aromatic heterocycles. The SMILES string of the molecule is CC/C=C/C/C=C/CCCCCCCCC(O)C(=O)NC(COC1OC(CO)C(O)C(O)C1OC(=O)CCCCCCCCCCCCCCC/C=C/CCCCCCCC)C(O)/C=C/CCCCCCCCCCC. The zero-order valence-electron chi connectivity index (χ0n) is 49.1. The molecule has 11 nitrogen and oxygen atoms in total. The molecule has 0 spiro atoms. The number of esters is 1. The fourth-order valence-corrected chi connectivity index (χ4v) is 9.92. The Bertz CT molecular complexity index is 1420. The third kappa shape index (κ3) is 40.8. The van der Waals surface area contributed by atoms with E-state index in [1.54, 1.807) is 6.08 Å². The molecular formula is C65H119NO10. The topological polar surface area (TPSA) is 175 Å². The van der Waals surface area contributed by atoms with Crippen LogP contribution in [-0.4, -0.2) is 99.6 Å². The monoisotopic (exact) mass is 1070 g/mol. The van der Waals surface area contributed by atoms with E-state index in [4.69, 9.17) is 14.2 Å². The molecule has 76 heavy (non-hydrogen) atoms. The van der Waals surface area contributed by atoms with E-state index in [1.165, 1.54) is 154 Å². The summed E-state index contributed by atoms with van der Waals surface area (Å²) in [6.45, 7) is 5.68. The van der Waals surface area contributed by atoms with Crippen molar-refractivity contribution >= 4 is 11.9 Å². The predicted octanol–water partition coefficient (Wildman–Crippen LogP) is 15.2. The smallest absolute Gasteiger partial charge is 0.306 e. The molecule has 1 fully saturated rings. The van der Waals surface area contributed by atoms with Crippen molar-refractivity contribution in [2.75, 3.05) is 13.2 Å². The minimum Gasteiger partial charge on any atom is -0.454 e. The van der Waals surface area contributed by atoms with Gasteiger partial charge in [-0.15, -0.1) is 0 Å². The first-order valence-electron chi connectivity index (χ1n) is 31.9. The fourth-order valence-electron chi connectivity index (χ4n) is 9.92. The molecule has 0 aliphatic carbocycles. The second-order valence-corrected chi connectivity index (χ2v) is 22.1. The molecule has 1 heterocycles. The number of hydrogen-bond acceptors (Lipinski definition) is 10. The third-order valence-corrected chi connectivity index (χ3v) is 15.0. The van der Waals surface area contributed by atoms with E-state index in [0.717, 1.165) is 89.9 Å². The summed E-state index contributed by atoms with van der Waals surface area (Å²) in [6, 6.07) is -1.03. The first-order chi connectivity index (χ1) is 37.2. The van der Waals surface area contributed by atoms with Crippen LogP contribution in [0.3, 0.4) is 0 Å². The van der Waals surface area contributed by atoms with Gasteiger partial charge < -0.3 is 45.1 Å². The molecule has 6 N–H and O–H groups in total. The van der Waals surface area contributed by atoms with Gasteiger partial charge in [0.1, 0.15) is 24.4 Å². The van der Waals surface area contributed by atoms with Crippen molar-refractivity contribution in [2.24, 2.45) is 0 Å². The summed E-state index contributed by atoms with van der Waals surface area (Å²) in [4.78, 5) is 26.5. The van der Waals surface area contributed by atoms with Crippen LogP contribution in [-0.2, 0) is 23.8 Å². The molecule has 1 saturated heterocycles. The molecule has 8 unspecified atom stereocenters. The van der Waals surface area contributed by atoms with Crippen LogP contribution in [0.2, 0.25) is 0 Å². The number of carbonyl (C=O) groups is 2. The predicted molar refractivity (Wildman–Crippen MR) is 315 cm³/mol. The van der Waals surface area contributed by atoms with Crippen molar-refractivity contribution in [3.63, 3.8) is 0 Å². The maximum Gasteiger partial charge on any atom is 0.306 e. The number of hydrogen-bond donors (Lipinski definition) is 6. The lowest BCUT2D eigenvalue weighted by Gasteiger charge is -2.41. The van der Waals surface area contributed by atoms with Crippen LogP contribution >= 0.6 is 0 Å². The van der Waals surface area contributed by atoms with Crippen LogP contribution in [0.5, 0.6) is 0 Å². The zero-order valence-corrected chi connectivity index (χ0v) is 49.1. The summed E-state index contributed by atoms with van der Waals surface area (Å²) in [5, 5.41) is 56.9. The number of unbranched alkanes of at least 4 members (excludes halogenated alkanes) is 34. The Hall–Kier alpha value is -2.38. The van der Waals surface area contributed by atoms with E-state index < -0.39 is 67.4 Å². The van der Waals surface area contributed by atoms with Crippen molar-refractivity contribution in [3.05, 3.63) is 48.6 Å². The molecule has 1 rings (SSSR count). The maximum atomic E-state index is 13.4. The minimum atomic E-state index is -1.61. The molecule has 0 radical (unpaired) electrons. The highest BCUT2D eigenvalue weighted by Crippen LogP contribution is 2.26. The Kier molecular flexibility index (Phi) is 50.2. The van der Waals surface area contributed by atoms with Crippen molar-refractivity contribution in [2.45, 2.75) is 339 Å². The van der Waals surface area contributed by atoms with Gasteiger partial charge in [0.15, 0.2) is 12.4 Å². The van der Waals surface area contributed by atoms with E-state index in [9.17, 15) is 35.1 Å². The molecule has 0 bridgehead atoms. The van der Waals surface area contributed by atoms with E-state index in [-0.39, 0.29) is 19.4 Å². The van der Waals surface area contributed by atoms with E-state index in [1.807, 2.05) is 6.08 Å². The Labute approximate surface area is 466 Å². The summed E-state index contributed by atoms with van der Waals surface area (Å²) in [5.41, 5.74) is 0. The van der Waals surface area contributed by atoms with Crippen molar-refractivity contribution < 1.29 is 49.3 Å². The number of allylic oxidation sites excluding steroid dienone is 7. The molecule has 444 valence electrons. The number of nitrogens with one attached hydrogen (secondary N) is 1. The standard InChI is InChI=1S/C65H119NO10/c1-4-7-10-13-16-19-22-24-25-26-27-28-29-30-31-32-33-35-38-41-44-47-50-53-60(70)76-63-62(72)61(71)59(54-67)75-65(63)74-55-56(57(68)51-48-45-42-39-36-21-18-15-12-9-6-3)66-64(73)58(69)52-49-46-43-40-37-34-23-20-17-14-11-8-5-2/h8,11,17,20,24-25,48,51,56-59,61-63,65,67-69,71-72H,4-7,9-10,12-16,18-19,21-23,26-47,49-50,52-55H2,1-3H3,(H,66,73)/b11-8+,20-17+,25-24+,51-48+. The summed E-state index contributed by atoms with van der Waals surface area (Å²) in [5.74, 6) is -1.20. The maximum absolute atomic E-state index is 13.4. The lowest BCUT2D eigenvalue weighted by molar-refractivity contribution is -0.305. The van der Waals surface area contributed by atoms with Gasteiger partial charge in [0, 0.05) is 6.42 Å². The molecule has 8 atom stereocenters. The second-order valence-electron chi connectivity index (χ2n) is 22.1. The third-order valence-electron chi connectivity index (χ3n) is 15.0. The van der Waals surface area contributed by atoms with Crippen LogP contribution in [0.4, 0.5) is 0 Å². The van der Waals surface area contributed by atoms with Crippen molar-refractivity contribution in [1.29, 1.82) is 0 Å². The van der Waals surface area contributed by atoms with Crippen LogP contribution in [0, 0.1) is 0 Å². The largest absolute Gasteiger partial charge is 0.454 e. The fraction of sp³-hybridized carbons (Fsp3) is 0.846. The van der Waals surface area contributed by atoms with Crippen LogP contribution < -0.4 is 5.32 Å². The molecule has 1 aliphatic heterocycles. The average molecular weight is 1070 g/mol. The Balaban J connectivity index is 2.59. The zero-order chi connectivity index (χ0) is 55.4. The van der Waals surface area contributed by atoms with Crippen molar-refractivity contribution in [3.8, 4) is 0 Å². The molecular weight excluding hydrogens is 955 g/mol. The molecule has 0 aromatic rings. The average Bonchev–Trinajstić information content (AvgIpc) is 3.42. The summed E-state index contributed by atoms with van der Waals surface area (Å²) >= 11 is 0. The lowest BCUT2D eigenvalue weighted by Crippen LogP contribution is -2.61. The van der Waals surface area contributed by atoms with Gasteiger partial charge in [-0.3, -0.25) is 9.59 Å². The van der Waals surface area contributed by atoms with E-state index >= 15 is 0 Å². The number of rotatable bonds is 54. The van der Waals surface area contributed by atoms with Crippen LogP contribution in [0.25, 0.3) is 0 Å². The number of carbonyl (C=O) groups excluding carboxylic acids is 2. The first-order valence-corrected chi connectivity index (χ1v) is 31.9. The van der Waals surface area contributed by atoms with Gasteiger partial charge >= 0.3 is 5.97 Å². The van der Waals surface area contributed by atoms with Crippen LogP contribution in [0.1, 0.15) is 290 Å². The van der Waals surface area contributed by atoms with Gasteiger partial charge in [0.25, 0.3) is 0 Å². The quantitative estimate of drug-likeness (QED) is 0.0195. The summed E-state index contributed by atoms with van der Waals surface area (Å²) in [7, 11) is 0. The van der Waals surface area contributed by atoms with Gasteiger partial charge in [-0.25, -0.2) is 0 Å². The Morgan fingerprint density at radius 3 is 1.42 bits per heavy atom. The van der Waals surface area contributed by atoms with Gasteiger partial charge in [-0.2, -0.15) is 0 Å². The molecule has 0 aromatic carbocycles. The van der Waals surface area contributed by atoms with Crippen molar-refractivity contribution in [1.82, 2.24) is 5.32 Å². The summed E-state index contributed by atoms with van der Waals surface area (Å²) < 4.78 is 17.6. The molecule has 0 saturated carbocycles. The number of aliphatic hydroxyl groups excluding tert-OH is 5. The van der Waals surface area contributed by atoms with E-state index in [2.05, 4.69) is 62.5 Å². The lowest BCUT2D eigenvalue weighted by atomic mass is 9.99.